The summed E-state index contributed by atoms with van der Waals surface area (Å²) in [5.74, 6) is 0.471. The van der Waals surface area contributed by atoms with Crippen LogP contribution in [0.5, 0.6) is 0 Å². The maximum atomic E-state index is 10.6. The molecule has 0 radical (unpaired) electrons. The summed E-state index contributed by atoms with van der Waals surface area (Å²) >= 11 is 0. The fourth-order valence-electron chi connectivity index (χ4n) is 1.31. The van der Waals surface area contributed by atoms with Gasteiger partial charge in [-0.05, 0) is 19.3 Å². The van der Waals surface area contributed by atoms with Gasteiger partial charge in [0.1, 0.15) is 0 Å². The van der Waals surface area contributed by atoms with Crippen molar-refractivity contribution in [2.75, 3.05) is 6.54 Å². The smallest absolute Gasteiger partial charge is 0.220 e. The molecular weight excluding hydrogens is 130 g/mol. The molecule has 0 spiro atoms. The van der Waals surface area contributed by atoms with Gasteiger partial charge >= 0.3 is 0 Å². The van der Waals surface area contributed by atoms with Crippen LogP contribution in [0.3, 0.4) is 0 Å². The Morgan fingerprint density at radius 3 is 3.00 bits per heavy atom. The van der Waals surface area contributed by atoms with Crippen LogP contribution in [0.4, 0.5) is 0 Å². The minimum atomic E-state index is -0.280. The number of hydrogen-bond donors (Lipinski definition) is 2. The van der Waals surface area contributed by atoms with Gasteiger partial charge in [0.15, 0.2) is 0 Å². The lowest BCUT2D eigenvalue weighted by Crippen LogP contribution is -2.15. The standard InChI is InChI=1S/C7H13NO2/c1-5(9)2-6-3-7(10)8-4-6/h5-6,9H,2-4H2,1H3,(H,8,10)/t5?,6-/m0/s1. The Morgan fingerprint density at radius 1 is 1.90 bits per heavy atom. The third-order valence-corrected chi connectivity index (χ3v) is 1.74. The van der Waals surface area contributed by atoms with Crippen LogP contribution in [0.15, 0.2) is 0 Å². The first-order chi connectivity index (χ1) is 4.68. The number of aliphatic hydroxyl groups is 1. The molecule has 1 unspecified atom stereocenters. The molecule has 58 valence electrons. The number of carbonyl (C=O) groups is 1. The van der Waals surface area contributed by atoms with Crippen molar-refractivity contribution < 1.29 is 9.90 Å². The SMILES string of the molecule is CC(O)C[C@@H]1CNC(=O)C1. The summed E-state index contributed by atoms with van der Waals surface area (Å²) in [4.78, 5) is 10.6. The predicted molar refractivity (Wildman–Crippen MR) is 37.4 cm³/mol. The Bertz CT molecular complexity index is 134. The molecule has 10 heavy (non-hydrogen) atoms. The topological polar surface area (TPSA) is 49.3 Å². The molecule has 1 rings (SSSR count). The molecule has 2 N–H and O–H groups in total. The van der Waals surface area contributed by atoms with Crippen molar-refractivity contribution in [1.29, 1.82) is 0 Å². The number of rotatable bonds is 2. The molecule has 0 aromatic carbocycles. The third kappa shape index (κ3) is 1.99. The number of hydrogen-bond acceptors (Lipinski definition) is 2. The summed E-state index contributed by atoms with van der Waals surface area (Å²) in [6.45, 7) is 2.49. The molecule has 2 atom stereocenters. The van der Waals surface area contributed by atoms with Gasteiger partial charge in [-0.25, -0.2) is 0 Å². The van der Waals surface area contributed by atoms with E-state index in [4.69, 9.17) is 5.11 Å². The zero-order valence-electron chi connectivity index (χ0n) is 6.13. The van der Waals surface area contributed by atoms with Crippen molar-refractivity contribution in [2.24, 2.45) is 5.92 Å². The van der Waals surface area contributed by atoms with Gasteiger partial charge < -0.3 is 10.4 Å². The lowest BCUT2D eigenvalue weighted by Gasteiger charge is -2.07. The number of aliphatic hydroxyl groups excluding tert-OH is 1. The highest BCUT2D eigenvalue weighted by molar-refractivity contribution is 5.78. The molecule has 0 saturated carbocycles. The van der Waals surface area contributed by atoms with Crippen LogP contribution in [0.25, 0.3) is 0 Å². The van der Waals surface area contributed by atoms with E-state index in [9.17, 15) is 4.79 Å². The van der Waals surface area contributed by atoms with E-state index in [1.54, 1.807) is 6.92 Å². The van der Waals surface area contributed by atoms with Gasteiger partial charge in [0.2, 0.25) is 5.91 Å². The minimum Gasteiger partial charge on any atom is -0.393 e. The fraction of sp³-hybridized carbons (Fsp3) is 0.857. The molecule has 0 aromatic heterocycles. The van der Waals surface area contributed by atoms with E-state index in [1.807, 2.05) is 0 Å². The molecule has 0 aliphatic carbocycles. The molecule has 0 bridgehead atoms. The van der Waals surface area contributed by atoms with Gasteiger partial charge in [0.25, 0.3) is 0 Å². The maximum absolute atomic E-state index is 10.6. The summed E-state index contributed by atoms with van der Waals surface area (Å²) in [5, 5.41) is 11.7. The van der Waals surface area contributed by atoms with E-state index in [-0.39, 0.29) is 12.0 Å². The Kier molecular flexibility index (Phi) is 2.27. The molecule has 1 amide bonds. The normalized spacial score (nSPS) is 28.2. The highest BCUT2D eigenvalue weighted by Gasteiger charge is 2.22. The molecule has 3 nitrogen and oxygen atoms in total. The minimum absolute atomic E-state index is 0.116. The van der Waals surface area contributed by atoms with Crippen LogP contribution in [0, 0.1) is 5.92 Å². The zero-order valence-corrected chi connectivity index (χ0v) is 6.13. The summed E-state index contributed by atoms with van der Waals surface area (Å²) in [6, 6.07) is 0. The first-order valence-electron chi connectivity index (χ1n) is 3.63. The van der Waals surface area contributed by atoms with Crippen molar-refractivity contribution in [1.82, 2.24) is 5.32 Å². The molecule has 3 heteroatoms. The fourth-order valence-corrected chi connectivity index (χ4v) is 1.31. The number of carbonyl (C=O) groups excluding carboxylic acids is 1. The van der Waals surface area contributed by atoms with Crippen LogP contribution in [-0.2, 0) is 4.79 Å². The van der Waals surface area contributed by atoms with Gasteiger partial charge in [-0.15, -0.1) is 0 Å². The first-order valence-corrected chi connectivity index (χ1v) is 3.63. The number of amides is 1. The molecule has 0 aromatic rings. The Balaban J connectivity index is 2.24. The van der Waals surface area contributed by atoms with E-state index >= 15 is 0 Å². The van der Waals surface area contributed by atoms with E-state index in [0.29, 0.717) is 12.3 Å². The lowest BCUT2D eigenvalue weighted by molar-refractivity contribution is -0.119. The van der Waals surface area contributed by atoms with Gasteiger partial charge in [-0.2, -0.15) is 0 Å². The first kappa shape index (κ1) is 7.54. The maximum Gasteiger partial charge on any atom is 0.220 e. The monoisotopic (exact) mass is 143 g/mol. The molecular formula is C7H13NO2. The van der Waals surface area contributed by atoms with Crippen molar-refractivity contribution in [2.45, 2.75) is 25.9 Å². The summed E-state index contributed by atoms with van der Waals surface area (Å²) in [5.41, 5.74) is 0. The molecule has 1 fully saturated rings. The van der Waals surface area contributed by atoms with E-state index in [0.717, 1.165) is 13.0 Å². The molecule has 1 heterocycles. The molecule has 1 aliphatic heterocycles. The molecule has 1 saturated heterocycles. The van der Waals surface area contributed by atoms with Gasteiger partial charge in [-0.3, -0.25) is 4.79 Å². The lowest BCUT2D eigenvalue weighted by atomic mass is 10.0. The van der Waals surface area contributed by atoms with Crippen LogP contribution < -0.4 is 5.32 Å². The zero-order chi connectivity index (χ0) is 7.56. The summed E-state index contributed by atoms with van der Waals surface area (Å²) < 4.78 is 0. The second-order valence-electron chi connectivity index (χ2n) is 2.96. The highest BCUT2D eigenvalue weighted by Crippen LogP contribution is 2.14. The van der Waals surface area contributed by atoms with Crippen molar-refractivity contribution in [3.63, 3.8) is 0 Å². The Hall–Kier alpha value is -0.570. The van der Waals surface area contributed by atoms with E-state index in [2.05, 4.69) is 5.32 Å². The van der Waals surface area contributed by atoms with E-state index < -0.39 is 0 Å². The van der Waals surface area contributed by atoms with Crippen LogP contribution >= 0.6 is 0 Å². The number of nitrogens with one attached hydrogen (secondary N) is 1. The van der Waals surface area contributed by atoms with E-state index in [1.165, 1.54) is 0 Å². The van der Waals surface area contributed by atoms with Crippen molar-refractivity contribution in [3.8, 4) is 0 Å². The second kappa shape index (κ2) is 3.01. The average molecular weight is 143 g/mol. The van der Waals surface area contributed by atoms with Crippen molar-refractivity contribution in [3.05, 3.63) is 0 Å². The summed E-state index contributed by atoms with van der Waals surface area (Å²) in [6.07, 6.45) is 1.04. The Labute approximate surface area is 60.4 Å². The second-order valence-corrected chi connectivity index (χ2v) is 2.96. The van der Waals surface area contributed by atoms with Gasteiger partial charge in [0.05, 0.1) is 6.10 Å². The van der Waals surface area contributed by atoms with Gasteiger partial charge in [0, 0.05) is 13.0 Å². The van der Waals surface area contributed by atoms with Crippen molar-refractivity contribution >= 4 is 5.91 Å². The van der Waals surface area contributed by atoms with Crippen LogP contribution in [0.1, 0.15) is 19.8 Å². The quantitative estimate of drug-likeness (QED) is 0.566. The summed E-state index contributed by atoms with van der Waals surface area (Å²) in [7, 11) is 0. The predicted octanol–water partition coefficient (Wildman–Crippen LogP) is -0.107. The Morgan fingerprint density at radius 2 is 2.60 bits per heavy atom. The molecule has 1 aliphatic rings. The highest BCUT2D eigenvalue weighted by atomic mass is 16.3. The largest absolute Gasteiger partial charge is 0.393 e. The van der Waals surface area contributed by atoms with Gasteiger partial charge in [-0.1, -0.05) is 0 Å². The van der Waals surface area contributed by atoms with Crippen LogP contribution in [-0.4, -0.2) is 23.7 Å². The average Bonchev–Trinajstić information content (AvgIpc) is 2.13. The third-order valence-electron chi connectivity index (χ3n) is 1.74. The van der Waals surface area contributed by atoms with Crippen LogP contribution in [0.2, 0.25) is 0 Å².